The molecule has 0 unspecified atom stereocenters. The van der Waals surface area contributed by atoms with Gasteiger partial charge in [-0.1, -0.05) is 30.4 Å². The molecule has 0 saturated heterocycles. The Morgan fingerprint density at radius 1 is 1.23 bits per heavy atom. The first kappa shape index (κ1) is 18.2. The number of carbonyl (C=O) groups excluding carboxylic acids is 1. The lowest BCUT2D eigenvalue weighted by Gasteiger charge is -2.09. The highest BCUT2D eigenvalue weighted by molar-refractivity contribution is 7.16. The van der Waals surface area contributed by atoms with Crippen LogP contribution in [-0.4, -0.2) is 15.5 Å². The van der Waals surface area contributed by atoms with E-state index >= 15 is 0 Å². The number of nitrogens with zero attached hydrogens (tertiary/aromatic N) is 2. The maximum Gasteiger partial charge on any atom is 0.416 e. The monoisotopic (exact) mass is 379 g/mol. The third kappa shape index (κ3) is 3.96. The van der Waals surface area contributed by atoms with Gasteiger partial charge in [0.05, 0.1) is 11.3 Å². The van der Waals surface area contributed by atoms with Gasteiger partial charge in [-0.05, 0) is 36.2 Å². The summed E-state index contributed by atoms with van der Waals surface area (Å²) in [6.07, 6.45) is -0.145. The number of amides is 1. The number of alkyl halides is 3. The maximum atomic E-state index is 12.8. The Balaban J connectivity index is 1.75. The Bertz CT molecular complexity index is 901. The number of hydrogen-bond donors (Lipinski definition) is 1. The molecule has 0 radical (unpaired) electrons. The van der Waals surface area contributed by atoms with Crippen LogP contribution in [0.5, 0.6) is 0 Å². The number of aromatic nitrogens is 2. The SMILES string of the molecule is CCc1nc(-n2cccc2)sc1C(=O)NCc1cccc(C(F)(F)F)c1. The number of thiazole rings is 1. The predicted octanol–water partition coefficient (Wildman–Crippen LogP) is 4.45. The minimum Gasteiger partial charge on any atom is -0.347 e. The molecular formula is C18H16F3N3OS. The van der Waals surface area contributed by atoms with E-state index in [1.807, 2.05) is 36.0 Å². The van der Waals surface area contributed by atoms with Gasteiger partial charge in [0.2, 0.25) is 0 Å². The van der Waals surface area contributed by atoms with Gasteiger partial charge in [-0.3, -0.25) is 4.79 Å². The lowest BCUT2D eigenvalue weighted by Crippen LogP contribution is -2.23. The molecule has 26 heavy (non-hydrogen) atoms. The second-order valence-electron chi connectivity index (χ2n) is 5.60. The Labute approximate surface area is 152 Å². The Hall–Kier alpha value is -2.61. The van der Waals surface area contributed by atoms with Crippen molar-refractivity contribution < 1.29 is 18.0 Å². The molecule has 4 nitrogen and oxygen atoms in total. The average Bonchev–Trinajstić information content (AvgIpc) is 3.28. The molecule has 3 aromatic rings. The van der Waals surface area contributed by atoms with Crippen molar-refractivity contribution in [1.82, 2.24) is 14.9 Å². The number of rotatable bonds is 5. The quantitative estimate of drug-likeness (QED) is 0.712. The van der Waals surface area contributed by atoms with E-state index in [-0.39, 0.29) is 12.5 Å². The van der Waals surface area contributed by atoms with Crippen LogP contribution in [0.15, 0.2) is 48.8 Å². The molecule has 136 valence electrons. The molecule has 0 atom stereocenters. The number of halogens is 3. The average molecular weight is 379 g/mol. The fraction of sp³-hybridized carbons (Fsp3) is 0.222. The largest absolute Gasteiger partial charge is 0.416 e. The molecule has 0 spiro atoms. The van der Waals surface area contributed by atoms with Crippen molar-refractivity contribution >= 4 is 17.2 Å². The summed E-state index contributed by atoms with van der Waals surface area (Å²) in [5.74, 6) is -0.338. The van der Waals surface area contributed by atoms with Gasteiger partial charge < -0.3 is 9.88 Å². The highest BCUT2D eigenvalue weighted by atomic mass is 32.1. The number of aryl methyl sites for hydroxylation is 1. The standard InChI is InChI=1S/C18H16F3N3OS/c1-2-14-15(26-17(23-14)24-8-3-4-9-24)16(25)22-11-12-6-5-7-13(10-12)18(19,20)21/h3-10H,2,11H2,1H3,(H,22,25). The van der Waals surface area contributed by atoms with Crippen LogP contribution in [0.4, 0.5) is 13.2 Å². The van der Waals surface area contributed by atoms with Crippen LogP contribution >= 0.6 is 11.3 Å². The Kier molecular flexibility index (Phi) is 5.13. The molecule has 1 amide bonds. The zero-order valence-electron chi connectivity index (χ0n) is 13.9. The van der Waals surface area contributed by atoms with E-state index in [1.165, 1.54) is 17.4 Å². The van der Waals surface area contributed by atoms with Gasteiger partial charge in [0.25, 0.3) is 5.91 Å². The van der Waals surface area contributed by atoms with E-state index in [4.69, 9.17) is 0 Å². The molecule has 1 aromatic carbocycles. The number of benzene rings is 1. The van der Waals surface area contributed by atoms with Gasteiger partial charge in [0.1, 0.15) is 4.88 Å². The normalized spacial score (nSPS) is 11.5. The molecule has 2 heterocycles. The Morgan fingerprint density at radius 3 is 2.62 bits per heavy atom. The van der Waals surface area contributed by atoms with Gasteiger partial charge in [0.15, 0.2) is 5.13 Å². The van der Waals surface area contributed by atoms with Crippen molar-refractivity contribution in [1.29, 1.82) is 0 Å². The molecule has 0 saturated carbocycles. The first-order valence-corrected chi connectivity index (χ1v) is 8.77. The summed E-state index contributed by atoms with van der Waals surface area (Å²) in [5.41, 5.74) is 0.327. The van der Waals surface area contributed by atoms with Crippen molar-refractivity contribution in [3.8, 4) is 5.13 Å². The van der Waals surface area contributed by atoms with Crippen LogP contribution in [0.1, 0.15) is 33.4 Å². The molecular weight excluding hydrogens is 363 g/mol. The van der Waals surface area contributed by atoms with Crippen molar-refractivity contribution in [3.05, 3.63) is 70.5 Å². The van der Waals surface area contributed by atoms with Crippen LogP contribution in [-0.2, 0) is 19.1 Å². The van der Waals surface area contributed by atoms with E-state index in [1.54, 1.807) is 6.07 Å². The second-order valence-corrected chi connectivity index (χ2v) is 6.57. The molecule has 0 aliphatic rings. The van der Waals surface area contributed by atoms with Crippen molar-refractivity contribution in [3.63, 3.8) is 0 Å². The summed E-state index contributed by atoms with van der Waals surface area (Å²) in [7, 11) is 0. The van der Waals surface area contributed by atoms with Crippen LogP contribution in [0.2, 0.25) is 0 Å². The van der Waals surface area contributed by atoms with Crippen LogP contribution in [0.3, 0.4) is 0 Å². The summed E-state index contributed by atoms with van der Waals surface area (Å²) < 4.78 is 40.1. The summed E-state index contributed by atoms with van der Waals surface area (Å²) in [6, 6.07) is 8.65. The minimum atomic E-state index is -4.40. The van der Waals surface area contributed by atoms with Gasteiger partial charge in [-0.25, -0.2) is 4.98 Å². The summed E-state index contributed by atoms with van der Waals surface area (Å²) in [4.78, 5) is 17.4. The van der Waals surface area contributed by atoms with Gasteiger partial charge in [-0.2, -0.15) is 13.2 Å². The van der Waals surface area contributed by atoms with Gasteiger partial charge >= 0.3 is 6.18 Å². The zero-order valence-corrected chi connectivity index (χ0v) is 14.7. The first-order valence-electron chi connectivity index (χ1n) is 7.96. The molecule has 3 rings (SSSR count). The summed E-state index contributed by atoms with van der Waals surface area (Å²) >= 11 is 1.25. The molecule has 0 bridgehead atoms. The fourth-order valence-corrected chi connectivity index (χ4v) is 3.49. The topological polar surface area (TPSA) is 46.9 Å². The first-order chi connectivity index (χ1) is 12.4. The third-order valence-electron chi connectivity index (χ3n) is 3.76. The summed E-state index contributed by atoms with van der Waals surface area (Å²) in [6.45, 7) is 1.92. The van der Waals surface area contributed by atoms with E-state index < -0.39 is 11.7 Å². The van der Waals surface area contributed by atoms with E-state index in [0.717, 1.165) is 12.1 Å². The van der Waals surface area contributed by atoms with E-state index in [0.29, 0.717) is 27.7 Å². The molecule has 0 aliphatic carbocycles. The minimum absolute atomic E-state index is 0.0165. The van der Waals surface area contributed by atoms with Crippen molar-refractivity contribution in [2.24, 2.45) is 0 Å². The molecule has 2 aromatic heterocycles. The van der Waals surface area contributed by atoms with E-state index in [9.17, 15) is 18.0 Å². The highest BCUT2D eigenvalue weighted by Gasteiger charge is 2.30. The lowest BCUT2D eigenvalue weighted by atomic mass is 10.1. The number of carbonyl (C=O) groups is 1. The van der Waals surface area contributed by atoms with Crippen LogP contribution < -0.4 is 5.32 Å². The number of hydrogen-bond acceptors (Lipinski definition) is 3. The van der Waals surface area contributed by atoms with Crippen molar-refractivity contribution in [2.45, 2.75) is 26.1 Å². The molecule has 1 N–H and O–H groups in total. The lowest BCUT2D eigenvalue weighted by molar-refractivity contribution is -0.137. The van der Waals surface area contributed by atoms with Crippen LogP contribution in [0.25, 0.3) is 5.13 Å². The fourth-order valence-electron chi connectivity index (χ4n) is 2.45. The van der Waals surface area contributed by atoms with Gasteiger partial charge in [0, 0.05) is 18.9 Å². The molecule has 0 fully saturated rings. The maximum absolute atomic E-state index is 12.8. The predicted molar refractivity (Wildman–Crippen MR) is 93.4 cm³/mol. The summed E-state index contributed by atoms with van der Waals surface area (Å²) in [5, 5.41) is 3.36. The van der Waals surface area contributed by atoms with Crippen LogP contribution in [0, 0.1) is 0 Å². The smallest absolute Gasteiger partial charge is 0.347 e. The van der Waals surface area contributed by atoms with Gasteiger partial charge in [-0.15, -0.1) is 0 Å². The Morgan fingerprint density at radius 2 is 1.96 bits per heavy atom. The second kappa shape index (κ2) is 7.33. The molecule has 8 heteroatoms. The molecule has 0 aliphatic heterocycles. The van der Waals surface area contributed by atoms with Crippen molar-refractivity contribution in [2.75, 3.05) is 0 Å². The van der Waals surface area contributed by atoms with E-state index in [2.05, 4.69) is 10.3 Å². The number of nitrogens with one attached hydrogen (secondary N) is 1. The third-order valence-corrected chi connectivity index (χ3v) is 4.87. The highest BCUT2D eigenvalue weighted by Crippen LogP contribution is 2.29. The zero-order chi connectivity index (χ0) is 18.7.